The Balaban J connectivity index is 3.47. The maximum atomic E-state index is 10.4. The summed E-state index contributed by atoms with van der Waals surface area (Å²) in [5.41, 5.74) is 0. The lowest BCUT2D eigenvalue weighted by Crippen LogP contribution is -2.03. The Bertz CT molecular complexity index is 266. The van der Waals surface area contributed by atoms with Crippen LogP contribution in [0, 0.1) is 5.92 Å². The van der Waals surface area contributed by atoms with Gasteiger partial charge in [0, 0.05) is 13.0 Å². The quantitative estimate of drug-likeness (QED) is 0.270. The molecule has 0 radical (unpaired) electrons. The number of aliphatic hydroxyl groups excluding tert-OH is 1. The van der Waals surface area contributed by atoms with Gasteiger partial charge in [-0.05, 0) is 18.8 Å². The van der Waals surface area contributed by atoms with E-state index in [1.54, 1.807) is 0 Å². The molecule has 0 saturated carbocycles. The molecule has 1 atom stereocenters. The molecule has 0 aliphatic rings. The van der Waals surface area contributed by atoms with E-state index in [4.69, 9.17) is 5.11 Å². The first-order valence-corrected chi connectivity index (χ1v) is 10.5. The molecule has 0 heterocycles. The summed E-state index contributed by atoms with van der Waals surface area (Å²) in [6.45, 7) is 2.59. The van der Waals surface area contributed by atoms with Gasteiger partial charge in [0.05, 0.1) is 0 Å². The fourth-order valence-corrected chi connectivity index (χ4v) is 3.42. The highest BCUT2D eigenvalue weighted by atomic mass is 16.4. The SMILES string of the molecule is CCCCCCCCCC(CCO)CCCCCCCCC(=O)O. The molecule has 0 aromatic carbocycles. The van der Waals surface area contributed by atoms with Gasteiger partial charge in [-0.3, -0.25) is 4.79 Å². The monoisotopic (exact) mass is 342 g/mol. The number of carboxylic acid groups (broad SMARTS) is 1. The number of aliphatic carboxylic acids is 1. The van der Waals surface area contributed by atoms with Crippen molar-refractivity contribution in [3.63, 3.8) is 0 Å². The molecule has 0 aliphatic carbocycles. The van der Waals surface area contributed by atoms with Crippen molar-refractivity contribution in [3.8, 4) is 0 Å². The van der Waals surface area contributed by atoms with Crippen molar-refractivity contribution in [2.45, 2.75) is 116 Å². The van der Waals surface area contributed by atoms with Gasteiger partial charge in [0.25, 0.3) is 0 Å². The summed E-state index contributed by atoms with van der Waals surface area (Å²) in [5, 5.41) is 17.8. The van der Waals surface area contributed by atoms with Crippen LogP contribution in [-0.2, 0) is 4.79 Å². The van der Waals surface area contributed by atoms with Crippen molar-refractivity contribution in [2.75, 3.05) is 6.61 Å². The third-order valence-electron chi connectivity index (χ3n) is 5.01. The molecular formula is C21H42O3. The van der Waals surface area contributed by atoms with Crippen molar-refractivity contribution in [3.05, 3.63) is 0 Å². The highest BCUT2D eigenvalue weighted by Gasteiger charge is 2.08. The number of hydrogen-bond donors (Lipinski definition) is 2. The Labute approximate surface area is 150 Å². The minimum absolute atomic E-state index is 0.316. The van der Waals surface area contributed by atoms with E-state index >= 15 is 0 Å². The molecule has 0 bridgehead atoms. The average molecular weight is 343 g/mol. The predicted octanol–water partition coefficient (Wildman–Crippen LogP) is 6.33. The number of aliphatic hydroxyl groups is 1. The van der Waals surface area contributed by atoms with Gasteiger partial charge in [-0.15, -0.1) is 0 Å². The normalized spacial score (nSPS) is 12.4. The molecule has 0 spiro atoms. The molecule has 0 aromatic rings. The van der Waals surface area contributed by atoms with Gasteiger partial charge >= 0.3 is 5.97 Å². The molecule has 0 saturated heterocycles. The zero-order chi connectivity index (χ0) is 17.9. The number of unbranched alkanes of at least 4 members (excludes halogenated alkanes) is 11. The molecule has 0 aliphatic heterocycles. The lowest BCUT2D eigenvalue weighted by molar-refractivity contribution is -0.137. The molecule has 144 valence electrons. The molecule has 0 rings (SSSR count). The van der Waals surface area contributed by atoms with E-state index in [2.05, 4.69) is 6.92 Å². The second kappa shape index (κ2) is 18.8. The summed E-state index contributed by atoms with van der Waals surface area (Å²) < 4.78 is 0. The third kappa shape index (κ3) is 17.8. The number of carboxylic acids is 1. The lowest BCUT2D eigenvalue weighted by atomic mass is 9.92. The minimum Gasteiger partial charge on any atom is -0.481 e. The molecule has 1 unspecified atom stereocenters. The lowest BCUT2D eigenvalue weighted by Gasteiger charge is -2.15. The van der Waals surface area contributed by atoms with Crippen molar-refractivity contribution in [1.29, 1.82) is 0 Å². The smallest absolute Gasteiger partial charge is 0.303 e. The molecule has 24 heavy (non-hydrogen) atoms. The topological polar surface area (TPSA) is 57.5 Å². The zero-order valence-electron chi connectivity index (χ0n) is 16.1. The number of hydrogen-bond acceptors (Lipinski definition) is 2. The van der Waals surface area contributed by atoms with Crippen molar-refractivity contribution >= 4 is 5.97 Å². The fraction of sp³-hybridized carbons (Fsp3) is 0.952. The van der Waals surface area contributed by atoms with Crippen LogP contribution in [0.5, 0.6) is 0 Å². The number of carbonyl (C=O) groups is 1. The molecular weight excluding hydrogens is 300 g/mol. The summed E-state index contributed by atoms with van der Waals surface area (Å²) in [4.78, 5) is 10.4. The third-order valence-corrected chi connectivity index (χ3v) is 5.01. The second-order valence-electron chi connectivity index (χ2n) is 7.34. The van der Waals surface area contributed by atoms with E-state index < -0.39 is 5.97 Å². The van der Waals surface area contributed by atoms with Gasteiger partial charge in [0.1, 0.15) is 0 Å². The molecule has 2 N–H and O–H groups in total. The van der Waals surface area contributed by atoms with E-state index in [0.717, 1.165) is 25.7 Å². The van der Waals surface area contributed by atoms with E-state index in [-0.39, 0.29) is 0 Å². The first kappa shape index (κ1) is 23.4. The molecule has 0 aromatic heterocycles. The Hall–Kier alpha value is -0.570. The van der Waals surface area contributed by atoms with Gasteiger partial charge < -0.3 is 10.2 Å². The average Bonchev–Trinajstić information content (AvgIpc) is 2.56. The maximum absolute atomic E-state index is 10.4. The molecule has 0 fully saturated rings. The van der Waals surface area contributed by atoms with E-state index in [0.29, 0.717) is 18.9 Å². The Morgan fingerprint density at radius 1 is 0.708 bits per heavy atom. The van der Waals surface area contributed by atoms with Crippen LogP contribution in [0.1, 0.15) is 116 Å². The van der Waals surface area contributed by atoms with Crippen LogP contribution in [0.25, 0.3) is 0 Å². The van der Waals surface area contributed by atoms with Crippen LogP contribution in [0.4, 0.5) is 0 Å². The highest BCUT2D eigenvalue weighted by molar-refractivity contribution is 5.66. The van der Waals surface area contributed by atoms with E-state index in [9.17, 15) is 9.90 Å². The Morgan fingerprint density at radius 3 is 1.62 bits per heavy atom. The highest BCUT2D eigenvalue weighted by Crippen LogP contribution is 2.22. The minimum atomic E-state index is -0.674. The van der Waals surface area contributed by atoms with Crippen LogP contribution in [0.3, 0.4) is 0 Å². The van der Waals surface area contributed by atoms with Crippen LogP contribution >= 0.6 is 0 Å². The fourth-order valence-electron chi connectivity index (χ4n) is 3.42. The summed E-state index contributed by atoms with van der Waals surface area (Å²) in [6.07, 6.45) is 20.1. The van der Waals surface area contributed by atoms with Crippen molar-refractivity contribution < 1.29 is 15.0 Å². The summed E-state index contributed by atoms with van der Waals surface area (Å²) >= 11 is 0. The van der Waals surface area contributed by atoms with Gasteiger partial charge in [-0.2, -0.15) is 0 Å². The van der Waals surface area contributed by atoms with Gasteiger partial charge in [0.15, 0.2) is 0 Å². The molecule has 3 heteroatoms. The summed E-state index contributed by atoms with van der Waals surface area (Å²) in [5.74, 6) is 0.0323. The van der Waals surface area contributed by atoms with Crippen LogP contribution in [0.2, 0.25) is 0 Å². The van der Waals surface area contributed by atoms with Gasteiger partial charge in [-0.1, -0.05) is 96.8 Å². The first-order valence-electron chi connectivity index (χ1n) is 10.5. The van der Waals surface area contributed by atoms with Crippen molar-refractivity contribution in [2.24, 2.45) is 5.92 Å². The summed E-state index contributed by atoms with van der Waals surface area (Å²) in [7, 11) is 0. The predicted molar refractivity (Wildman–Crippen MR) is 102 cm³/mol. The van der Waals surface area contributed by atoms with Crippen molar-refractivity contribution in [1.82, 2.24) is 0 Å². The molecule has 0 amide bonds. The van der Waals surface area contributed by atoms with Gasteiger partial charge in [0.2, 0.25) is 0 Å². The number of rotatable bonds is 19. The Morgan fingerprint density at radius 2 is 1.17 bits per heavy atom. The summed E-state index contributed by atoms with van der Waals surface area (Å²) in [6, 6.07) is 0. The van der Waals surface area contributed by atoms with Crippen LogP contribution in [0.15, 0.2) is 0 Å². The standard InChI is InChI=1S/C21H42O3/c1-2-3-4-5-6-9-12-15-20(18-19-22)16-13-10-7-8-11-14-17-21(23)24/h20,22H,2-19H2,1H3,(H,23,24). The van der Waals surface area contributed by atoms with Gasteiger partial charge in [-0.25, -0.2) is 0 Å². The van der Waals surface area contributed by atoms with E-state index in [1.165, 1.54) is 77.0 Å². The molecule has 3 nitrogen and oxygen atoms in total. The van der Waals surface area contributed by atoms with E-state index in [1.807, 2.05) is 0 Å². The van der Waals surface area contributed by atoms with Crippen LogP contribution in [-0.4, -0.2) is 22.8 Å². The first-order chi connectivity index (χ1) is 11.7. The zero-order valence-corrected chi connectivity index (χ0v) is 16.1. The largest absolute Gasteiger partial charge is 0.481 e. The van der Waals surface area contributed by atoms with Crippen LogP contribution < -0.4 is 0 Å². The Kier molecular flexibility index (Phi) is 18.3. The second-order valence-corrected chi connectivity index (χ2v) is 7.34. The maximum Gasteiger partial charge on any atom is 0.303 e.